The van der Waals surface area contributed by atoms with Gasteiger partial charge in [-0.05, 0) is 37.5 Å². The summed E-state index contributed by atoms with van der Waals surface area (Å²) in [6.07, 6.45) is 3.33. The Morgan fingerprint density at radius 2 is 2.00 bits per heavy atom. The lowest BCUT2D eigenvalue weighted by atomic mass is 10.1. The predicted octanol–water partition coefficient (Wildman–Crippen LogP) is 1.96. The van der Waals surface area contributed by atoms with Crippen molar-refractivity contribution < 1.29 is 13.5 Å². The summed E-state index contributed by atoms with van der Waals surface area (Å²) < 4.78 is 27.1. The summed E-state index contributed by atoms with van der Waals surface area (Å²) in [7, 11) is -3.46. The Kier molecular flexibility index (Phi) is 4.04. The first kappa shape index (κ1) is 13.5. The fraction of sp³-hybridized carbons (Fsp3) is 0.538. The monoisotopic (exact) mass is 269 g/mol. The standard InChI is InChI=1S/C13H19NO3S/c1-10(15)11-5-4-8-13(9-11)18(16,17)14-12-6-2-3-7-12/h4-5,8-10,12,14-15H,2-3,6-7H2,1H3. The van der Waals surface area contributed by atoms with Crippen LogP contribution in [0.15, 0.2) is 29.2 Å². The van der Waals surface area contributed by atoms with Crippen molar-refractivity contribution in [1.82, 2.24) is 4.72 Å². The van der Waals surface area contributed by atoms with Gasteiger partial charge in [0.05, 0.1) is 11.0 Å². The lowest BCUT2D eigenvalue weighted by molar-refractivity contribution is 0.199. The van der Waals surface area contributed by atoms with E-state index in [2.05, 4.69) is 4.72 Å². The molecule has 1 aromatic carbocycles. The number of hydrogen-bond acceptors (Lipinski definition) is 3. The first-order valence-corrected chi connectivity index (χ1v) is 7.78. The van der Waals surface area contributed by atoms with Gasteiger partial charge in [-0.1, -0.05) is 25.0 Å². The Balaban J connectivity index is 2.20. The molecule has 1 aliphatic carbocycles. The third kappa shape index (κ3) is 3.10. The molecule has 1 aromatic rings. The zero-order valence-corrected chi connectivity index (χ0v) is 11.3. The van der Waals surface area contributed by atoms with Crippen molar-refractivity contribution in [3.63, 3.8) is 0 Å². The molecule has 2 rings (SSSR count). The lowest BCUT2D eigenvalue weighted by Gasteiger charge is -2.13. The van der Waals surface area contributed by atoms with Crippen LogP contribution in [-0.2, 0) is 10.0 Å². The molecular formula is C13H19NO3S. The van der Waals surface area contributed by atoms with Gasteiger partial charge in [-0.25, -0.2) is 13.1 Å². The minimum atomic E-state index is -3.46. The van der Waals surface area contributed by atoms with Gasteiger partial charge < -0.3 is 5.11 Å². The average Bonchev–Trinajstić information content (AvgIpc) is 2.81. The second-order valence-corrected chi connectivity index (χ2v) is 6.57. The highest BCUT2D eigenvalue weighted by Crippen LogP contribution is 2.22. The molecule has 1 atom stereocenters. The summed E-state index contributed by atoms with van der Waals surface area (Å²) in [4.78, 5) is 0.229. The topological polar surface area (TPSA) is 66.4 Å². The van der Waals surface area contributed by atoms with E-state index in [4.69, 9.17) is 0 Å². The summed E-state index contributed by atoms with van der Waals surface area (Å²) in [6.45, 7) is 1.62. The van der Waals surface area contributed by atoms with Crippen LogP contribution in [0.4, 0.5) is 0 Å². The van der Waals surface area contributed by atoms with Crippen LogP contribution < -0.4 is 4.72 Å². The second-order valence-electron chi connectivity index (χ2n) is 4.85. The number of sulfonamides is 1. The molecule has 2 N–H and O–H groups in total. The Hall–Kier alpha value is -0.910. The van der Waals surface area contributed by atoms with Crippen molar-refractivity contribution in [3.8, 4) is 0 Å². The lowest BCUT2D eigenvalue weighted by Crippen LogP contribution is -2.32. The van der Waals surface area contributed by atoms with Gasteiger partial charge >= 0.3 is 0 Å². The van der Waals surface area contributed by atoms with Crippen LogP contribution >= 0.6 is 0 Å². The average molecular weight is 269 g/mol. The summed E-state index contributed by atoms with van der Waals surface area (Å²) in [5.41, 5.74) is 0.615. The van der Waals surface area contributed by atoms with Crippen LogP contribution in [0.25, 0.3) is 0 Å². The Labute approximate surface area is 108 Å². The molecule has 0 radical (unpaired) electrons. The molecule has 1 saturated carbocycles. The quantitative estimate of drug-likeness (QED) is 0.878. The normalized spacial score (nSPS) is 19.0. The number of rotatable bonds is 4. The second kappa shape index (κ2) is 5.38. The molecule has 0 bridgehead atoms. The molecule has 0 amide bonds. The molecular weight excluding hydrogens is 250 g/mol. The SMILES string of the molecule is CC(O)c1cccc(S(=O)(=O)NC2CCCC2)c1. The van der Waals surface area contributed by atoms with Crippen molar-refractivity contribution in [2.24, 2.45) is 0 Å². The Morgan fingerprint density at radius 1 is 1.33 bits per heavy atom. The largest absolute Gasteiger partial charge is 0.389 e. The van der Waals surface area contributed by atoms with E-state index in [1.54, 1.807) is 25.1 Å². The summed E-state index contributed by atoms with van der Waals surface area (Å²) in [5, 5.41) is 9.48. The number of hydrogen-bond donors (Lipinski definition) is 2. The number of benzene rings is 1. The van der Waals surface area contributed by atoms with Gasteiger partial charge in [-0.2, -0.15) is 0 Å². The first-order valence-electron chi connectivity index (χ1n) is 6.29. The zero-order chi connectivity index (χ0) is 13.2. The maximum Gasteiger partial charge on any atom is 0.240 e. The van der Waals surface area contributed by atoms with Crippen molar-refractivity contribution in [2.45, 2.75) is 49.6 Å². The molecule has 0 spiro atoms. The Bertz CT molecular complexity index is 505. The number of aliphatic hydroxyl groups excluding tert-OH is 1. The van der Waals surface area contributed by atoms with Gasteiger partial charge in [0.1, 0.15) is 0 Å². The molecule has 0 aromatic heterocycles. The van der Waals surface area contributed by atoms with E-state index in [0.29, 0.717) is 5.56 Å². The molecule has 0 saturated heterocycles. The van der Waals surface area contributed by atoms with Crippen LogP contribution in [0.2, 0.25) is 0 Å². The van der Waals surface area contributed by atoms with Crippen molar-refractivity contribution in [3.05, 3.63) is 29.8 Å². The van der Waals surface area contributed by atoms with E-state index in [9.17, 15) is 13.5 Å². The van der Waals surface area contributed by atoms with E-state index in [0.717, 1.165) is 25.7 Å². The third-order valence-electron chi connectivity index (χ3n) is 3.33. The van der Waals surface area contributed by atoms with Gasteiger partial charge in [-0.3, -0.25) is 0 Å². The molecule has 18 heavy (non-hydrogen) atoms. The molecule has 100 valence electrons. The molecule has 1 unspecified atom stereocenters. The van der Waals surface area contributed by atoms with Gasteiger partial charge in [0.15, 0.2) is 0 Å². The molecule has 1 aliphatic rings. The molecule has 4 nitrogen and oxygen atoms in total. The van der Waals surface area contributed by atoms with Crippen molar-refractivity contribution in [2.75, 3.05) is 0 Å². The Morgan fingerprint density at radius 3 is 2.61 bits per heavy atom. The maximum atomic E-state index is 12.2. The van der Waals surface area contributed by atoms with Gasteiger partial charge in [0.2, 0.25) is 10.0 Å². The van der Waals surface area contributed by atoms with E-state index >= 15 is 0 Å². The summed E-state index contributed by atoms with van der Waals surface area (Å²) in [5.74, 6) is 0. The predicted molar refractivity (Wildman–Crippen MR) is 69.7 cm³/mol. The van der Waals surface area contributed by atoms with Gasteiger partial charge in [-0.15, -0.1) is 0 Å². The molecule has 0 heterocycles. The van der Waals surface area contributed by atoms with Crippen molar-refractivity contribution >= 4 is 10.0 Å². The summed E-state index contributed by atoms with van der Waals surface area (Å²) >= 11 is 0. The van der Waals surface area contributed by atoms with Crippen LogP contribution in [0.5, 0.6) is 0 Å². The molecule has 5 heteroatoms. The number of nitrogens with one attached hydrogen (secondary N) is 1. The molecule has 1 fully saturated rings. The van der Waals surface area contributed by atoms with Crippen LogP contribution in [0, 0.1) is 0 Å². The van der Waals surface area contributed by atoms with Crippen LogP contribution in [-0.4, -0.2) is 19.6 Å². The number of aliphatic hydroxyl groups is 1. The minimum absolute atomic E-state index is 0.0604. The molecule has 0 aliphatic heterocycles. The van der Waals surface area contributed by atoms with E-state index in [1.807, 2.05) is 0 Å². The van der Waals surface area contributed by atoms with E-state index in [1.165, 1.54) is 6.07 Å². The fourth-order valence-electron chi connectivity index (χ4n) is 2.27. The fourth-order valence-corrected chi connectivity index (χ4v) is 3.63. The van der Waals surface area contributed by atoms with Gasteiger partial charge in [0, 0.05) is 6.04 Å². The van der Waals surface area contributed by atoms with Crippen LogP contribution in [0.1, 0.15) is 44.3 Å². The zero-order valence-electron chi connectivity index (χ0n) is 10.5. The highest BCUT2D eigenvalue weighted by Gasteiger charge is 2.23. The third-order valence-corrected chi connectivity index (χ3v) is 4.85. The van der Waals surface area contributed by atoms with E-state index in [-0.39, 0.29) is 10.9 Å². The first-order chi connectivity index (χ1) is 8.49. The highest BCUT2D eigenvalue weighted by atomic mass is 32.2. The smallest absolute Gasteiger partial charge is 0.240 e. The maximum absolute atomic E-state index is 12.2. The highest BCUT2D eigenvalue weighted by molar-refractivity contribution is 7.89. The minimum Gasteiger partial charge on any atom is -0.389 e. The van der Waals surface area contributed by atoms with Gasteiger partial charge in [0.25, 0.3) is 0 Å². The van der Waals surface area contributed by atoms with Crippen molar-refractivity contribution in [1.29, 1.82) is 0 Å². The van der Waals surface area contributed by atoms with E-state index < -0.39 is 16.1 Å². The van der Waals surface area contributed by atoms with Crippen LogP contribution in [0.3, 0.4) is 0 Å². The summed E-state index contributed by atoms with van der Waals surface area (Å²) in [6, 6.07) is 6.53.